The Balaban J connectivity index is 1.85. The lowest BCUT2D eigenvalue weighted by Crippen LogP contribution is -2.53. The molecule has 4 rings (SSSR count). The first-order valence-electron chi connectivity index (χ1n) is 5.60. The van der Waals surface area contributed by atoms with Crippen molar-refractivity contribution in [1.29, 1.82) is 0 Å². The molecule has 2 unspecified atom stereocenters. The summed E-state index contributed by atoms with van der Waals surface area (Å²) in [5.74, 6) is 2.82. The minimum atomic E-state index is 0.625. The summed E-state index contributed by atoms with van der Waals surface area (Å²) in [5, 5.41) is 3.38. The largest absolute Gasteiger partial charge is 0.315 e. The van der Waals surface area contributed by atoms with Crippen molar-refractivity contribution in [3.05, 3.63) is 11.6 Å². The van der Waals surface area contributed by atoms with Crippen molar-refractivity contribution in [2.75, 3.05) is 13.1 Å². The van der Waals surface area contributed by atoms with Crippen LogP contribution in [0.25, 0.3) is 0 Å². The highest BCUT2D eigenvalue weighted by Crippen LogP contribution is 2.60. The van der Waals surface area contributed by atoms with E-state index in [4.69, 9.17) is 0 Å². The maximum Gasteiger partial charge on any atom is 0.00503 e. The van der Waals surface area contributed by atoms with Crippen LogP contribution in [-0.4, -0.2) is 13.1 Å². The zero-order valence-corrected chi connectivity index (χ0v) is 8.64. The Labute approximate surface area is 80.6 Å². The Kier molecular flexibility index (Phi) is 1.48. The summed E-state index contributed by atoms with van der Waals surface area (Å²) in [6.45, 7) is 7.40. The van der Waals surface area contributed by atoms with Crippen molar-refractivity contribution in [2.45, 2.75) is 26.7 Å². The summed E-state index contributed by atoms with van der Waals surface area (Å²) >= 11 is 0. The van der Waals surface area contributed by atoms with E-state index < -0.39 is 0 Å². The van der Waals surface area contributed by atoms with Crippen molar-refractivity contribution in [3.8, 4) is 0 Å². The summed E-state index contributed by atoms with van der Waals surface area (Å²) in [6.07, 6.45) is 5.39. The lowest BCUT2D eigenvalue weighted by atomic mass is 9.47. The average molecular weight is 177 g/mol. The van der Waals surface area contributed by atoms with Crippen LogP contribution in [0.2, 0.25) is 0 Å². The molecule has 2 atom stereocenters. The van der Waals surface area contributed by atoms with Crippen molar-refractivity contribution in [3.63, 3.8) is 0 Å². The van der Waals surface area contributed by atoms with Crippen molar-refractivity contribution < 1.29 is 0 Å². The molecule has 1 heteroatoms. The van der Waals surface area contributed by atoms with Gasteiger partial charge in [-0.3, -0.25) is 0 Å². The summed E-state index contributed by atoms with van der Waals surface area (Å²) in [4.78, 5) is 0. The molecule has 1 heterocycles. The third-order valence-electron chi connectivity index (χ3n) is 4.76. The normalized spacial score (nSPS) is 41.8. The summed E-state index contributed by atoms with van der Waals surface area (Å²) < 4.78 is 0. The number of nitrogens with one attached hydrogen (secondary N) is 1. The van der Waals surface area contributed by atoms with Gasteiger partial charge < -0.3 is 5.32 Å². The molecule has 3 aliphatic carbocycles. The van der Waals surface area contributed by atoms with Crippen LogP contribution < -0.4 is 5.32 Å². The first kappa shape index (κ1) is 8.05. The Morgan fingerprint density at radius 3 is 2.62 bits per heavy atom. The maximum atomic E-state index is 3.38. The Hall–Kier alpha value is -0.300. The molecule has 0 aromatic carbocycles. The van der Waals surface area contributed by atoms with E-state index in [1.165, 1.54) is 25.9 Å². The van der Waals surface area contributed by atoms with Crippen LogP contribution >= 0.6 is 0 Å². The second kappa shape index (κ2) is 2.38. The molecular formula is C12H19N. The van der Waals surface area contributed by atoms with E-state index in [-0.39, 0.29) is 0 Å². The molecule has 2 fully saturated rings. The summed E-state index contributed by atoms with van der Waals surface area (Å²) in [5.41, 5.74) is 2.42. The van der Waals surface area contributed by atoms with Gasteiger partial charge in [0.05, 0.1) is 0 Å². The number of hydrogen-bond acceptors (Lipinski definition) is 1. The van der Waals surface area contributed by atoms with Gasteiger partial charge in [0, 0.05) is 19.0 Å². The average Bonchev–Trinajstić information content (AvgIpc) is 2.01. The van der Waals surface area contributed by atoms with Crippen LogP contribution in [0.4, 0.5) is 0 Å². The van der Waals surface area contributed by atoms with Crippen LogP contribution in [0.15, 0.2) is 11.6 Å². The molecule has 13 heavy (non-hydrogen) atoms. The topological polar surface area (TPSA) is 12.0 Å². The predicted molar refractivity (Wildman–Crippen MR) is 54.4 cm³/mol. The second-order valence-corrected chi connectivity index (χ2v) is 5.60. The highest BCUT2D eigenvalue weighted by molar-refractivity contribution is 5.27. The molecule has 72 valence electrons. The molecule has 4 aliphatic rings. The van der Waals surface area contributed by atoms with Gasteiger partial charge in [0.25, 0.3) is 0 Å². The second-order valence-electron chi connectivity index (χ2n) is 5.60. The Morgan fingerprint density at radius 2 is 2.15 bits per heavy atom. The standard InChI is InChI=1S/C12H19N/c1-12(2)9-3-4-10(11(12)5-9)8-6-13-7-8/h4,8-9,11,13H,3,5-7H2,1-2H3. The summed E-state index contributed by atoms with van der Waals surface area (Å²) in [6, 6.07) is 0. The molecule has 0 radical (unpaired) electrons. The van der Waals surface area contributed by atoms with Crippen LogP contribution in [0.1, 0.15) is 26.7 Å². The lowest BCUT2D eigenvalue weighted by Gasteiger charge is -2.58. The van der Waals surface area contributed by atoms with Gasteiger partial charge >= 0.3 is 0 Å². The van der Waals surface area contributed by atoms with E-state index in [9.17, 15) is 0 Å². The van der Waals surface area contributed by atoms with E-state index in [0.29, 0.717) is 5.41 Å². The van der Waals surface area contributed by atoms with Gasteiger partial charge in [0.2, 0.25) is 0 Å². The molecule has 1 saturated heterocycles. The number of fused-ring (bicyclic) bond motifs is 1. The Morgan fingerprint density at radius 1 is 1.38 bits per heavy atom. The molecule has 2 bridgehead atoms. The van der Waals surface area contributed by atoms with Crippen LogP contribution in [0.5, 0.6) is 0 Å². The molecule has 0 spiro atoms. The van der Waals surface area contributed by atoms with Gasteiger partial charge in [-0.25, -0.2) is 0 Å². The first-order chi connectivity index (χ1) is 6.19. The van der Waals surface area contributed by atoms with Gasteiger partial charge in [-0.15, -0.1) is 0 Å². The van der Waals surface area contributed by atoms with Crippen molar-refractivity contribution >= 4 is 0 Å². The van der Waals surface area contributed by atoms with Crippen molar-refractivity contribution in [1.82, 2.24) is 5.32 Å². The minimum absolute atomic E-state index is 0.625. The number of allylic oxidation sites excluding steroid dienone is 1. The van der Waals surface area contributed by atoms with E-state index in [0.717, 1.165) is 17.8 Å². The number of hydrogen-bond donors (Lipinski definition) is 1. The fourth-order valence-corrected chi connectivity index (χ4v) is 3.38. The predicted octanol–water partition coefficient (Wildman–Crippen LogP) is 2.20. The quantitative estimate of drug-likeness (QED) is 0.605. The van der Waals surface area contributed by atoms with Crippen LogP contribution in [-0.2, 0) is 0 Å². The van der Waals surface area contributed by atoms with Crippen molar-refractivity contribution in [2.24, 2.45) is 23.2 Å². The molecule has 0 aromatic heterocycles. The summed E-state index contributed by atoms with van der Waals surface area (Å²) in [7, 11) is 0. The third-order valence-corrected chi connectivity index (χ3v) is 4.76. The van der Waals surface area contributed by atoms with Crippen LogP contribution in [0, 0.1) is 23.2 Å². The molecule has 1 saturated carbocycles. The fourth-order valence-electron chi connectivity index (χ4n) is 3.38. The van der Waals surface area contributed by atoms with Gasteiger partial charge in [0.1, 0.15) is 0 Å². The first-order valence-corrected chi connectivity index (χ1v) is 5.60. The SMILES string of the molecule is CC1(C)C2CC=C(C3CNC3)C1C2. The molecule has 1 nitrogen and oxygen atoms in total. The fraction of sp³-hybridized carbons (Fsp3) is 0.833. The van der Waals surface area contributed by atoms with E-state index >= 15 is 0 Å². The third kappa shape index (κ3) is 0.914. The zero-order chi connectivity index (χ0) is 9.05. The highest BCUT2D eigenvalue weighted by atomic mass is 15.0. The molecule has 1 aliphatic heterocycles. The maximum absolute atomic E-state index is 3.38. The van der Waals surface area contributed by atoms with E-state index in [1.54, 1.807) is 5.57 Å². The minimum Gasteiger partial charge on any atom is -0.315 e. The highest BCUT2D eigenvalue weighted by Gasteiger charge is 2.52. The number of rotatable bonds is 1. The van der Waals surface area contributed by atoms with E-state index in [1.807, 2.05) is 0 Å². The zero-order valence-electron chi connectivity index (χ0n) is 8.64. The van der Waals surface area contributed by atoms with Gasteiger partial charge in [-0.1, -0.05) is 25.5 Å². The molecule has 0 amide bonds. The van der Waals surface area contributed by atoms with Gasteiger partial charge in [-0.05, 0) is 30.1 Å². The smallest absolute Gasteiger partial charge is 0.00503 e. The van der Waals surface area contributed by atoms with E-state index in [2.05, 4.69) is 25.2 Å². The Bertz CT molecular complexity index is 260. The van der Waals surface area contributed by atoms with Crippen LogP contribution in [0.3, 0.4) is 0 Å². The lowest BCUT2D eigenvalue weighted by molar-refractivity contribution is -0.0154. The van der Waals surface area contributed by atoms with Gasteiger partial charge in [0.15, 0.2) is 0 Å². The monoisotopic (exact) mass is 177 g/mol. The molecular weight excluding hydrogens is 158 g/mol. The molecule has 1 N–H and O–H groups in total. The van der Waals surface area contributed by atoms with Gasteiger partial charge in [-0.2, -0.15) is 0 Å². The molecule has 0 aromatic rings.